The number of hydrogen-bond donors (Lipinski definition) is 0. The number of aromatic nitrogens is 2. The Morgan fingerprint density at radius 3 is 2.78 bits per heavy atom. The molecule has 2 radical (unpaired) electrons. The molecule has 4 nitrogen and oxygen atoms in total. The molecule has 3 heterocycles. The second-order valence-electron chi connectivity index (χ2n) is 5.66. The van der Waals surface area contributed by atoms with E-state index in [0.717, 1.165) is 35.1 Å². The Morgan fingerprint density at radius 1 is 1.17 bits per heavy atom. The molecule has 0 amide bonds. The second kappa shape index (κ2) is 6.24. The van der Waals surface area contributed by atoms with Crippen LogP contribution in [0.3, 0.4) is 0 Å². The summed E-state index contributed by atoms with van der Waals surface area (Å²) in [6.07, 6.45) is 2.88. The Labute approximate surface area is 149 Å². The number of carbonyl (C=O) groups is 1. The predicted molar refractivity (Wildman–Crippen MR) is 92.4 cm³/mol. The molecule has 1 fully saturated rings. The van der Waals surface area contributed by atoms with Gasteiger partial charge < -0.3 is 0 Å². The summed E-state index contributed by atoms with van der Waals surface area (Å²) < 4.78 is 3.57. The van der Waals surface area contributed by atoms with Crippen LogP contribution in [0.5, 0.6) is 0 Å². The topological polar surface area (TPSA) is 46.1 Å². The minimum absolute atomic E-state index is 0.342. The van der Waals surface area contributed by atoms with Crippen molar-refractivity contribution in [1.29, 1.82) is 0 Å². The van der Waals surface area contributed by atoms with Gasteiger partial charge in [-0.2, -0.15) is 0 Å². The molecule has 6 heteroatoms. The standard InChI is InChI=1S/C17H14ClN3O.Sn/c1-12(13-3-2-4-14(18)9-13)16-10-19-11-20-17(16)21-7-5-15(22)6-8-21;/h1-4,9,11H,5-8H2;. The molecule has 1 aromatic heterocycles. The molecule has 0 saturated carbocycles. The third-order valence-electron chi connectivity index (χ3n) is 4.21. The molecular weight excluding hydrogens is 416 g/mol. The molecule has 23 heavy (non-hydrogen) atoms. The van der Waals surface area contributed by atoms with Gasteiger partial charge in [-0.15, -0.1) is 0 Å². The molecule has 114 valence electrons. The van der Waals surface area contributed by atoms with E-state index < -0.39 is 21.1 Å². The maximum atomic E-state index is 11.5. The van der Waals surface area contributed by atoms with Gasteiger partial charge in [0.2, 0.25) is 0 Å². The average molecular weight is 430 g/mol. The molecule has 1 saturated heterocycles. The van der Waals surface area contributed by atoms with E-state index in [0.29, 0.717) is 18.6 Å². The number of hydrogen-bond acceptors (Lipinski definition) is 4. The van der Waals surface area contributed by atoms with E-state index in [1.807, 2.05) is 18.2 Å². The summed E-state index contributed by atoms with van der Waals surface area (Å²) in [6.45, 7) is 1.49. The van der Waals surface area contributed by atoms with E-state index in [-0.39, 0.29) is 0 Å². The van der Waals surface area contributed by atoms with Crippen LogP contribution in [0, 0.1) is 0 Å². The van der Waals surface area contributed by atoms with Crippen molar-refractivity contribution in [2.24, 2.45) is 0 Å². The van der Waals surface area contributed by atoms with Crippen LogP contribution < -0.4 is 8.61 Å². The van der Waals surface area contributed by atoms with Gasteiger partial charge in [-0.05, 0) is 0 Å². The Bertz CT molecular complexity index is 811. The van der Waals surface area contributed by atoms with Crippen molar-refractivity contribution in [2.75, 3.05) is 18.0 Å². The van der Waals surface area contributed by atoms with Crippen molar-refractivity contribution in [3.8, 4) is 0 Å². The van der Waals surface area contributed by atoms with Gasteiger partial charge in [-0.25, -0.2) is 0 Å². The fourth-order valence-corrected chi connectivity index (χ4v) is 6.41. The summed E-state index contributed by atoms with van der Waals surface area (Å²) in [5.74, 6) is 1.32. The molecule has 4 rings (SSSR count). The first-order chi connectivity index (χ1) is 11.2. The average Bonchev–Trinajstić information content (AvgIpc) is 3.00. The van der Waals surface area contributed by atoms with E-state index in [9.17, 15) is 4.79 Å². The molecule has 1 aromatic carbocycles. The number of anilines is 1. The first-order valence-corrected chi connectivity index (χ1v) is 11.0. The van der Waals surface area contributed by atoms with Crippen LogP contribution >= 0.6 is 11.6 Å². The van der Waals surface area contributed by atoms with E-state index in [1.165, 1.54) is 9.28 Å². The molecule has 0 spiro atoms. The fourth-order valence-electron chi connectivity index (χ4n) is 3.04. The Balaban J connectivity index is 1.76. The zero-order valence-electron chi connectivity index (χ0n) is 12.4. The summed E-state index contributed by atoms with van der Waals surface area (Å²) in [6, 6.07) is 7.95. The van der Waals surface area contributed by atoms with Crippen LogP contribution in [0.4, 0.5) is 5.82 Å². The van der Waals surface area contributed by atoms with Gasteiger partial charge in [0, 0.05) is 0 Å². The van der Waals surface area contributed by atoms with Crippen LogP contribution in [0.15, 0.2) is 34.7 Å². The third kappa shape index (κ3) is 2.90. The Kier molecular flexibility index (Phi) is 4.11. The summed E-state index contributed by atoms with van der Waals surface area (Å²) >= 11 is 5.33. The van der Waals surface area contributed by atoms with Crippen molar-refractivity contribution in [2.45, 2.75) is 12.8 Å². The van der Waals surface area contributed by atoms with Gasteiger partial charge in [-0.3, -0.25) is 0 Å². The van der Waals surface area contributed by atoms with Gasteiger partial charge in [0.05, 0.1) is 0 Å². The van der Waals surface area contributed by atoms with Crippen LogP contribution in [-0.2, 0) is 4.79 Å². The van der Waals surface area contributed by atoms with Crippen molar-refractivity contribution < 1.29 is 4.79 Å². The third-order valence-corrected chi connectivity index (χ3v) is 7.54. The number of ketones is 1. The molecule has 0 unspecified atom stereocenters. The zero-order valence-corrected chi connectivity index (χ0v) is 16.0. The van der Waals surface area contributed by atoms with Crippen LogP contribution in [-0.4, -0.2) is 50.0 Å². The number of halogens is 1. The Hall–Kier alpha value is -1.40. The van der Waals surface area contributed by atoms with Gasteiger partial charge in [0.25, 0.3) is 0 Å². The minimum atomic E-state index is -0.828. The van der Waals surface area contributed by atoms with Gasteiger partial charge in [0.15, 0.2) is 0 Å². The van der Waals surface area contributed by atoms with E-state index in [1.54, 1.807) is 6.33 Å². The summed E-state index contributed by atoms with van der Waals surface area (Å²) in [5.41, 5.74) is 3.50. The van der Waals surface area contributed by atoms with E-state index >= 15 is 0 Å². The molecule has 2 aromatic rings. The van der Waals surface area contributed by atoms with E-state index in [2.05, 4.69) is 25.0 Å². The second-order valence-corrected chi connectivity index (χ2v) is 9.10. The SMILES string of the molecule is O=C1CCN(c2ncn[c]3c2C(c2cccc(Cl)c2)=[CH][Sn]3)CC1. The number of fused-ring (bicyclic) bond motifs is 1. The molecule has 2 aliphatic heterocycles. The summed E-state index contributed by atoms with van der Waals surface area (Å²) in [4.78, 5) is 22.8. The zero-order chi connectivity index (χ0) is 15.8. The predicted octanol–water partition coefficient (Wildman–Crippen LogP) is 2.03. The number of piperidine rings is 1. The van der Waals surface area contributed by atoms with Gasteiger partial charge in [0.1, 0.15) is 0 Å². The summed E-state index contributed by atoms with van der Waals surface area (Å²) in [7, 11) is 0. The van der Waals surface area contributed by atoms with Crippen molar-refractivity contribution in [1.82, 2.24) is 9.97 Å². The first-order valence-electron chi connectivity index (χ1n) is 7.57. The molecule has 0 atom stereocenters. The van der Waals surface area contributed by atoms with Crippen molar-refractivity contribution >= 4 is 53.6 Å². The van der Waals surface area contributed by atoms with Crippen LogP contribution in [0.1, 0.15) is 24.0 Å². The monoisotopic (exact) mass is 431 g/mol. The quantitative estimate of drug-likeness (QED) is 0.685. The van der Waals surface area contributed by atoms with Gasteiger partial charge in [-0.1, -0.05) is 0 Å². The van der Waals surface area contributed by atoms with Gasteiger partial charge >= 0.3 is 150 Å². The van der Waals surface area contributed by atoms with Crippen LogP contribution in [0.2, 0.25) is 5.02 Å². The molecule has 2 aliphatic rings. The van der Waals surface area contributed by atoms with Crippen molar-refractivity contribution in [3.05, 3.63) is 50.8 Å². The molecule has 0 bridgehead atoms. The number of Topliss-reactive ketones (excluding diaryl/α,β-unsaturated/α-hetero) is 1. The maximum absolute atomic E-state index is 11.5. The fraction of sp³-hybridized carbons (Fsp3) is 0.235. The number of nitrogens with zero attached hydrogens (tertiary/aromatic N) is 3. The molecule has 0 aliphatic carbocycles. The van der Waals surface area contributed by atoms with Crippen LogP contribution in [0.25, 0.3) is 5.57 Å². The number of carbonyl (C=O) groups excluding carboxylic acids is 1. The first kappa shape index (κ1) is 15.1. The number of benzene rings is 1. The normalized spacial score (nSPS) is 17.2. The van der Waals surface area contributed by atoms with Crippen molar-refractivity contribution in [3.63, 3.8) is 0 Å². The molecular formula is C17H14ClN3OSn. The Morgan fingerprint density at radius 2 is 2.00 bits per heavy atom. The summed E-state index contributed by atoms with van der Waals surface area (Å²) in [5, 5.41) is 0.740. The number of rotatable bonds is 2. The molecule has 0 N–H and O–H groups in total. The van der Waals surface area contributed by atoms with E-state index in [4.69, 9.17) is 11.6 Å².